The molecule has 1 aromatic carbocycles. The van der Waals surface area contributed by atoms with Crippen LogP contribution in [0.5, 0.6) is 5.75 Å². The van der Waals surface area contributed by atoms with Crippen LogP contribution in [0.25, 0.3) is 0 Å². The van der Waals surface area contributed by atoms with Gasteiger partial charge in [-0.15, -0.1) is 12.4 Å². The molecular formula is C17H26ClN3O3. The van der Waals surface area contributed by atoms with Gasteiger partial charge in [0.1, 0.15) is 5.75 Å². The Morgan fingerprint density at radius 1 is 1.29 bits per heavy atom. The molecule has 6 nitrogen and oxygen atoms in total. The van der Waals surface area contributed by atoms with Gasteiger partial charge >= 0.3 is 0 Å². The number of carbonyl (C=O) groups is 2. The summed E-state index contributed by atoms with van der Waals surface area (Å²) in [7, 11) is 0. The Kier molecular flexibility index (Phi) is 9.19. The number of nitrogens with zero attached hydrogens (tertiary/aromatic N) is 1. The van der Waals surface area contributed by atoms with E-state index in [0.717, 1.165) is 38.2 Å². The van der Waals surface area contributed by atoms with Crippen molar-refractivity contribution in [3.63, 3.8) is 0 Å². The minimum absolute atomic E-state index is 0. The highest BCUT2D eigenvalue weighted by Gasteiger charge is 2.21. The number of hydrogen-bond donors (Lipinski definition) is 2. The van der Waals surface area contributed by atoms with Gasteiger partial charge in [0.15, 0.2) is 6.61 Å². The van der Waals surface area contributed by atoms with Gasteiger partial charge in [0.05, 0.1) is 0 Å². The monoisotopic (exact) mass is 355 g/mol. The van der Waals surface area contributed by atoms with Crippen molar-refractivity contribution in [2.24, 2.45) is 0 Å². The Bertz CT molecular complexity index is 540. The van der Waals surface area contributed by atoms with Gasteiger partial charge in [-0.05, 0) is 31.5 Å². The lowest BCUT2D eigenvalue weighted by molar-refractivity contribution is -0.123. The van der Waals surface area contributed by atoms with Crippen molar-refractivity contribution in [3.05, 3.63) is 24.3 Å². The Hall–Kier alpha value is -1.79. The molecule has 0 unspecified atom stereocenters. The molecule has 2 amide bonds. The average Bonchev–Trinajstić information content (AvgIpc) is 2.99. The van der Waals surface area contributed by atoms with Gasteiger partial charge in [-0.1, -0.05) is 13.0 Å². The van der Waals surface area contributed by atoms with Crippen molar-refractivity contribution >= 4 is 29.9 Å². The summed E-state index contributed by atoms with van der Waals surface area (Å²) in [5.41, 5.74) is 0.828. The lowest BCUT2D eigenvalue weighted by Gasteiger charge is -2.16. The molecule has 2 rings (SSSR count). The van der Waals surface area contributed by atoms with Crippen LogP contribution in [0.1, 0.15) is 26.2 Å². The van der Waals surface area contributed by atoms with E-state index in [-0.39, 0.29) is 30.8 Å². The third-order valence-electron chi connectivity index (χ3n) is 3.62. The van der Waals surface area contributed by atoms with E-state index in [9.17, 15) is 9.59 Å². The maximum Gasteiger partial charge on any atom is 0.257 e. The molecule has 0 atom stereocenters. The molecule has 1 saturated heterocycles. The molecule has 1 aliphatic heterocycles. The number of halogens is 1. The second-order valence-corrected chi connectivity index (χ2v) is 5.53. The maximum absolute atomic E-state index is 11.8. The molecule has 24 heavy (non-hydrogen) atoms. The Morgan fingerprint density at radius 3 is 2.83 bits per heavy atom. The van der Waals surface area contributed by atoms with Crippen molar-refractivity contribution in [2.75, 3.05) is 37.7 Å². The van der Waals surface area contributed by atoms with Crippen LogP contribution in [0, 0.1) is 0 Å². The predicted octanol–water partition coefficient (Wildman–Crippen LogP) is 1.73. The molecular weight excluding hydrogens is 330 g/mol. The van der Waals surface area contributed by atoms with Gasteiger partial charge in [0.2, 0.25) is 5.91 Å². The van der Waals surface area contributed by atoms with E-state index in [2.05, 4.69) is 17.6 Å². The van der Waals surface area contributed by atoms with Gasteiger partial charge in [0.25, 0.3) is 5.91 Å². The van der Waals surface area contributed by atoms with E-state index >= 15 is 0 Å². The van der Waals surface area contributed by atoms with Crippen LogP contribution < -0.4 is 20.3 Å². The highest BCUT2D eigenvalue weighted by atomic mass is 35.5. The fraction of sp³-hybridized carbons (Fsp3) is 0.529. The van der Waals surface area contributed by atoms with E-state index < -0.39 is 0 Å². The predicted molar refractivity (Wildman–Crippen MR) is 96.9 cm³/mol. The minimum Gasteiger partial charge on any atom is -0.484 e. The van der Waals surface area contributed by atoms with E-state index in [1.165, 1.54) is 0 Å². The Balaban J connectivity index is 0.00000288. The molecule has 7 heteroatoms. The van der Waals surface area contributed by atoms with Gasteiger partial charge in [-0.2, -0.15) is 0 Å². The van der Waals surface area contributed by atoms with E-state index in [1.807, 2.05) is 12.1 Å². The molecule has 0 spiro atoms. The highest BCUT2D eigenvalue weighted by molar-refractivity contribution is 5.95. The fourth-order valence-electron chi connectivity index (χ4n) is 2.45. The van der Waals surface area contributed by atoms with Crippen molar-refractivity contribution in [3.8, 4) is 5.75 Å². The highest BCUT2D eigenvalue weighted by Crippen LogP contribution is 2.25. The SMILES string of the molecule is CCCNCCNC(=O)COc1cccc(N2CCCC2=O)c1.Cl. The van der Waals surface area contributed by atoms with Gasteiger partial charge < -0.3 is 20.3 Å². The van der Waals surface area contributed by atoms with Crippen LogP contribution in [0.3, 0.4) is 0 Å². The second-order valence-electron chi connectivity index (χ2n) is 5.53. The summed E-state index contributed by atoms with van der Waals surface area (Å²) in [6.45, 7) is 5.12. The summed E-state index contributed by atoms with van der Waals surface area (Å²) in [5, 5.41) is 6.01. The Morgan fingerprint density at radius 2 is 2.12 bits per heavy atom. The first kappa shape index (κ1) is 20.3. The zero-order valence-electron chi connectivity index (χ0n) is 14.0. The lowest BCUT2D eigenvalue weighted by atomic mass is 10.3. The first-order valence-electron chi connectivity index (χ1n) is 8.21. The number of ether oxygens (including phenoxy) is 1. The smallest absolute Gasteiger partial charge is 0.257 e. The third-order valence-corrected chi connectivity index (χ3v) is 3.62. The van der Waals surface area contributed by atoms with Crippen LogP contribution in [-0.2, 0) is 9.59 Å². The number of carbonyl (C=O) groups excluding carboxylic acids is 2. The quantitative estimate of drug-likeness (QED) is 0.662. The number of amides is 2. The van der Waals surface area contributed by atoms with Crippen molar-refractivity contribution in [1.82, 2.24) is 10.6 Å². The maximum atomic E-state index is 11.8. The first-order valence-corrected chi connectivity index (χ1v) is 8.21. The summed E-state index contributed by atoms with van der Waals surface area (Å²) in [4.78, 5) is 25.2. The van der Waals surface area contributed by atoms with Crippen molar-refractivity contribution < 1.29 is 14.3 Å². The number of benzene rings is 1. The third kappa shape index (κ3) is 6.37. The lowest BCUT2D eigenvalue weighted by Crippen LogP contribution is -2.35. The molecule has 1 aliphatic rings. The molecule has 134 valence electrons. The average molecular weight is 356 g/mol. The summed E-state index contributed by atoms with van der Waals surface area (Å²) in [6.07, 6.45) is 2.56. The van der Waals surface area contributed by atoms with Gasteiger partial charge in [0, 0.05) is 37.8 Å². The number of nitrogens with one attached hydrogen (secondary N) is 2. The number of anilines is 1. The molecule has 0 bridgehead atoms. The first-order chi connectivity index (χ1) is 11.2. The summed E-state index contributed by atoms with van der Waals surface area (Å²) < 4.78 is 5.51. The second kappa shape index (κ2) is 10.9. The Labute approximate surface area is 149 Å². The standard InChI is InChI=1S/C17H25N3O3.ClH/c1-2-8-18-9-10-19-16(21)13-23-15-6-3-5-14(12-15)20-11-4-7-17(20)22;/h3,5-6,12,18H,2,4,7-11,13H2,1H3,(H,19,21);1H. The molecule has 0 saturated carbocycles. The fourth-order valence-corrected chi connectivity index (χ4v) is 2.45. The zero-order chi connectivity index (χ0) is 16.5. The summed E-state index contributed by atoms with van der Waals surface area (Å²) in [6, 6.07) is 7.32. The summed E-state index contributed by atoms with van der Waals surface area (Å²) in [5.74, 6) is 0.590. The van der Waals surface area contributed by atoms with E-state index in [1.54, 1.807) is 17.0 Å². The molecule has 1 heterocycles. The molecule has 1 aromatic rings. The van der Waals surface area contributed by atoms with Gasteiger partial charge in [-0.25, -0.2) is 0 Å². The van der Waals surface area contributed by atoms with E-state index in [4.69, 9.17) is 4.74 Å². The summed E-state index contributed by atoms with van der Waals surface area (Å²) >= 11 is 0. The molecule has 0 radical (unpaired) electrons. The largest absolute Gasteiger partial charge is 0.484 e. The van der Waals surface area contributed by atoms with Crippen molar-refractivity contribution in [2.45, 2.75) is 26.2 Å². The number of rotatable bonds is 9. The number of hydrogen-bond acceptors (Lipinski definition) is 4. The topological polar surface area (TPSA) is 70.7 Å². The zero-order valence-corrected chi connectivity index (χ0v) is 14.9. The normalized spacial score (nSPS) is 13.5. The molecule has 1 fully saturated rings. The van der Waals surface area contributed by atoms with Crippen LogP contribution in [0.2, 0.25) is 0 Å². The van der Waals surface area contributed by atoms with Gasteiger partial charge in [-0.3, -0.25) is 9.59 Å². The molecule has 0 aromatic heterocycles. The van der Waals surface area contributed by atoms with Crippen LogP contribution in [0.15, 0.2) is 24.3 Å². The van der Waals surface area contributed by atoms with Crippen LogP contribution in [0.4, 0.5) is 5.69 Å². The molecule has 2 N–H and O–H groups in total. The van der Waals surface area contributed by atoms with E-state index in [0.29, 0.717) is 18.7 Å². The molecule has 0 aliphatic carbocycles. The minimum atomic E-state index is -0.147. The van der Waals surface area contributed by atoms with Crippen molar-refractivity contribution in [1.29, 1.82) is 0 Å². The van der Waals surface area contributed by atoms with Crippen LogP contribution in [-0.4, -0.2) is 44.6 Å². The van der Waals surface area contributed by atoms with Crippen LogP contribution >= 0.6 is 12.4 Å².